The molecule has 0 saturated heterocycles. The van der Waals surface area contributed by atoms with Crippen LogP contribution in [0.3, 0.4) is 0 Å². The van der Waals surface area contributed by atoms with Gasteiger partial charge in [-0.1, -0.05) is 42.0 Å². The maximum atomic E-state index is 13.3. The molecule has 0 aliphatic rings. The fourth-order valence-electron chi connectivity index (χ4n) is 1.74. The van der Waals surface area contributed by atoms with Gasteiger partial charge in [-0.2, -0.15) is 0 Å². The zero-order valence-electron chi connectivity index (χ0n) is 10.3. The van der Waals surface area contributed by atoms with Gasteiger partial charge in [0.25, 0.3) is 0 Å². The summed E-state index contributed by atoms with van der Waals surface area (Å²) < 4.78 is 18.7. The van der Waals surface area contributed by atoms with Gasteiger partial charge in [-0.05, 0) is 24.6 Å². The summed E-state index contributed by atoms with van der Waals surface area (Å²) in [5, 5.41) is 0. The SMILES string of the molecule is Cc1cccc(C(N)COc2ccccc2F)c1. The molecule has 1 atom stereocenters. The molecule has 0 aliphatic carbocycles. The molecule has 0 bridgehead atoms. The molecule has 18 heavy (non-hydrogen) atoms. The summed E-state index contributed by atoms with van der Waals surface area (Å²) in [6.07, 6.45) is 0. The molecule has 0 fully saturated rings. The minimum atomic E-state index is -0.367. The topological polar surface area (TPSA) is 35.2 Å². The molecule has 2 rings (SSSR count). The van der Waals surface area contributed by atoms with Crippen LogP contribution in [0.25, 0.3) is 0 Å². The van der Waals surface area contributed by atoms with Crippen LogP contribution in [0, 0.1) is 12.7 Å². The first-order valence-corrected chi connectivity index (χ1v) is 5.86. The van der Waals surface area contributed by atoms with Gasteiger partial charge in [0.1, 0.15) is 6.61 Å². The van der Waals surface area contributed by atoms with Crippen molar-refractivity contribution in [3.05, 3.63) is 65.5 Å². The fraction of sp³-hybridized carbons (Fsp3) is 0.200. The Morgan fingerprint density at radius 2 is 1.94 bits per heavy atom. The zero-order valence-corrected chi connectivity index (χ0v) is 10.3. The maximum Gasteiger partial charge on any atom is 0.165 e. The molecule has 2 N–H and O–H groups in total. The van der Waals surface area contributed by atoms with Gasteiger partial charge in [0.15, 0.2) is 11.6 Å². The summed E-state index contributed by atoms with van der Waals surface area (Å²) in [4.78, 5) is 0. The van der Waals surface area contributed by atoms with E-state index >= 15 is 0 Å². The van der Waals surface area contributed by atoms with Crippen molar-refractivity contribution in [2.24, 2.45) is 5.73 Å². The van der Waals surface area contributed by atoms with E-state index < -0.39 is 0 Å². The first-order chi connectivity index (χ1) is 8.66. The van der Waals surface area contributed by atoms with Crippen LogP contribution >= 0.6 is 0 Å². The lowest BCUT2D eigenvalue weighted by Crippen LogP contribution is -2.19. The van der Waals surface area contributed by atoms with E-state index in [2.05, 4.69) is 0 Å². The first-order valence-electron chi connectivity index (χ1n) is 5.86. The number of halogens is 1. The average molecular weight is 245 g/mol. The van der Waals surface area contributed by atoms with E-state index in [0.717, 1.165) is 11.1 Å². The third-order valence-electron chi connectivity index (χ3n) is 2.73. The smallest absolute Gasteiger partial charge is 0.165 e. The Balaban J connectivity index is 2.00. The Hall–Kier alpha value is -1.87. The third kappa shape index (κ3) is 3.08. The lowest BCUT2D eigenvalue weighted by atomic mass is 10.1. The Morgan fingerprint density at radius 1 is 1.17 bits per heavy atom. The normalized spacial score (nSPS) is 12.2. The van der Waals surface area contributed by atoms with Crippen LogP contribution in [0.2, 0.25) is 0 Å². The summed E-state index contributed by atoms with van der Waals surface area (Å²) >= 11 is 0. The highest BCUT2D eigenvalue weighted by molar-refractivity contribution is 5.26. The average Bonchev–Trinajstić information content (AvgIpc) is 2.37. The second kappa shape index (κ2) is 5.65. The number of rotatable bonds is 4. The molecule has 2 aromatic carbocycles. The standard InChI is InChI=1S/C15H16FNO/c1-11-5-4-6-12(9-11)14(17)10-18-15-8-3-2-7-13(15)16/h2-9,14H,10,17H2,1H3. The van der Waals surface area contributed by atoms with Crippen LogP contribution in [-0.4, -0.2) is 6.61 Å². The second-order valence-corrected chi connectivity index (χ2v) is 4.26. The molecule has 2 aromatic rings. The maximum absolute atomic E-state index is 13.3. The Kier molecular flexibility index (Phi) is 3.95. The monoisotopic (exact) mass is 245 g/mol. The molecular formula is C15H16FNO. The minimum absolute atomic E-state index is 0.237. The van der Waals surface area contributed by atoms with Gasteiger partial charge in [-0.15, -0.1) is 0 Å². The lowest BCUT2D eigenvalue weighted by molar-refractivity contribution is 0.277. The molecule has 0 heterocycles. The Morgan fingerprint density at radius 3 is 2.67 bits per heavy atom. The van der Waals surface area contributed by atoms with Gasteiger partial charge in [0, 0.05) is 0 Å². The van der Waals surface area contributed by atoms with Crippen LogP contribution in [-0.2, 0) is 0 Å². The van der Waals surface area contributed by atoms with Crippen molar-refractivity contribution in [1.82, 2.24) is 0 Å². The van der Waals surface area contributed by atoms with Crippen molar-refractivity contribution in [1.29, 1.82) is 0 Å². The molecule has 0 aliphatic heterocycles. The van der Waals surface area contributed by atoms with Crippen LogP contribution in [0.5, 0.6) is 5.75 Å². The lowest BCUT2D eigenvalue weighted by Gasteiger charge is -2.14. The fourth-order valence-corrected chi connectivity index (χ4v) is 1.74. The van der Waals surface area contributed by atoms with Crippen molar-refractivity contribution < 1.29 is 9.13 Å². The highest BCUT2D eigenvalue weighted by atomic mass is 19.1. The van der Waals surface area contributed by atoms with E-state index in [4.69, 9.17) is 10.5 Å². The number of ether oxygens (including phenoxy) is 1. The molecule has 0 aromatic heterocycles. The van der Waals surface area contributed by atoms with E-state index in [1.54, 1.807) is 18.2 Å². The predicted octanol–water partition coefficient (Wildman–Crippen LogP) is 3.21. The van der Waals surface area contributed by atoms with Crippen LogP contribution in [0.1, 0.15) is 17.2 Å². The van der Waals surface area contributed by atoms with Gasteiger partial charge < -0.3 is 10.5 Å². The van der Waals surface area contributed by atoms with Crippen LogP contribution < -0.4 is 10.5 Å². The largest absolute Gasteiger partial charge is 0.489 e. The van der Waals surface area contributed by atoms with Crippen LogP contribution in [0.4, 0.5) is 4.39 Å². The third-order valence-corrected chi connectivity index (χ3v) is 2.73. The molecule has 0 radical (unpaired) electrons. The molecule has 1 unspecified atom stereocenters. The van der Waals surface area contributed by atoms with Gasteiger partial charge in [-0.3, -0.25) is 0 Å². The summed E-state index contributed by atoms with van der Waals surface area (Å²) in [7, 11) is 0. The summed E-state index contributed by atoms with van der Waals surface area (Å²) in [5.74, 6) is -0.130. The number of hydrogen-bond acceptors (Lipinski definition) is 2. The molecule has 0 saturated carbocycles. The number of benzene rings is 2. The predicted molar refractivity (Wildman–Crippen MR) is 70.0 cm³/mol. The Labute approximate surface area is 106 Å². The molecule has 94 valence electrons. The second-order valence-electron chi connectivity index (χ2n) is 4.26. The van der Waals surface area contributed by atoms with E-state index in [1.165, 1.54) is 6.07 Å². The minimum Gasteiger partial charge on any atom is -0.489 e. The van der Waals surface area contributed by atoms with Crippen molar-refractivity contribution in [3.8, 4) is 5.75 Å². The Bertz CT molecular complexity index is 527. The number of aryl methyl sites for hydroxylation is 1. The van der Waals surface area contributed by atoms with Gasteiger partial charge in [-0.25, -0.2) is 4.39 Å². The van der Waals surface area contributed by atoms with Crippen LogP contribution in [0.15, 0.2) is 48.5 Å². The summed E-state index contributed by atoms with van der Waals surface area (Å²) in [5.41, 5.74) is 8.15. The number of para-hydroxylation sites is 1. The van der Waals surface area contributed by atoms with Crippen molar-refractivity contribution in [3.63, 3.8) is 0 Å². The zero-order chi connectivity index (χ0) is 13.0. The van der Waals surface area contributed by atoms with E-state index in [9.17, 15) is 4.39 Å². The number of nitrogens with two attached hydrogens (primary N) is 1. The van der Waals surface area contributed by atoms with Crippen molar-refractivity contribution >= 4 is 0 Å². The highest BCUT2D eigenvalue weighted by Crippen LogP contribution is 2.18. The number of hydrogen-bond donors (Lipinski definition) is 1. The van der Waals surface area contributed by atoms with E-state index in [0.29, 0.717) is 0 Å². The quantitative estimate of drug-likeness (QED) is 0.897. The van der Waals surface area contributed by atoms with Crippen molar-refractivity contribution in [2.45, 2.75) is 13.0 Å². The molecule has 3 heteroatoms. The van der Waals surface area contributed by atoms with E-state index in [-0.39, 0.29) is 24.2 Å². The first kappa shape index (κ1) is 12.6. The molecule has 0 amide bonds. The van der Waals surface area contributed by atoms with Gasteiger partial charge in [0.05, 0.1) is 6.04 Å². The molecule has 0 spiro atoms. The van der Waals surface area contributed by atoms with Gasteiger partial charge >= 0.3 is 0 Å². The van der Waals surface area contributed by atoms with Gasteiger partial charge in [0.2, 0.25) is 0 Å². The molecular weight excluding hydrogens is 229 g/mol. The highest BCUT2D eigenvalue weighted by Gasteiger charge is 2.08. The van der Waals surface area contributed by atoms with Crippen molar-refractivity contribution in [2.75, 3.05) is 6.61 Å². The summed E-state index contributed by atoms with van der Waals surface area (Å²) in [6, 6.07) is 14.0. The summed E-state index contributed by atoms with van der Waals surface area (Å²) in [6.45, 7) is 2.26. The van der Waals surface area contributed by atoms with E-state index in [1.807, 2.05) is 31.2 Å². The molecule has 2 nitrogen and oxygen atoms in total.